The lowest BCUT2D eigenvalue weighted by Crippen LogP contribution is -2.52. The van der Waals surface area contributed by atoms with Gasteiger partial charge in [-0.05, 0) is 24.1 Å². The number of hydrogen-bond donors (Lipinski definition) is 2. The highest BCUT2D eigenvalue weighted by Crippen LogP contribution is 2.33. The lowest BCUT2D eigenvalue weighted by molar-refractivity contribution is -0.124. The van der Waals surface area contributed by atoms with Crippen molar-refractivity contribution < 1.29 is 23.9 Å². The third-order valence-corrected chi connectivity index (χ3v) is 5.94. The molecule has 4 heterocycles. The number of methoxy groups -OCH3 is 1. The van der Waals surface area contributed by atoms with Gasteiger partial charge >= 0.3 is 6.03 Å². The average molecular weight is 411 g/mol. The molecule has 0 spiro atoms. The predicted octanol–water partition coefficient (Wildman–Crippen LogP) is 0.544. The molecule has 30 heavy (non-hydrogen) atoms. The van der Waals surface area contributed by atoms with Gasteiger partial charge < -0.3 is 19.7 Å². The minimum absolute atomic E-state index is 0.00668. The number of fused-ring (bicyclic) bond motifs is 1. The van der Waals surface area contributed by atoms with E-state index in [4.69, 9.17) is 9.47 Å². The molecule has 3 aliphatic rings. The van der Waals surface area contributed by atoms with Gasteiger partial charge in [-0.25, -0.2) is 4.79 Å². The fourth-order valence-corrected chi connectivity index (χ4v) is 4.27. The Hall–Kier alpha value is -3.40. The Morgan fingerprint density at radius 1 is 1.33 bits per heavy atom. The monoisotopic (exact) mass is 411 g/mol. The van der Waals surface area contributed by atoms with Crippen molar-refractivity contribution in [3.8, 4) is 5.75 Å². The Labute approximate surface area is 172 Å². The maximum atomic E-state index is 13.0. The number of benzene rings is 1. The second kappa shape index (κ2) is 6.84. The number of ether oxygens (including phenoxy) is 2. The molecular weight excluding hydrogens is 390 g/mol. The van der Waals surface area contributed by atoms with E-state index in [-0.39, 0.29) is 18.5 Å². The summed E-state index contributed by atoms with van der Waals surface area (Å²) < 4.78 is 12.4. The number of hydrogen-bond acceptors (Lipinski definition) is 6. The highest BCUT2D eigenvalue weighted by Gasteiger charge is 2.51. The van der Waals surface area contributed by atoms with E-state index in [2.05, 4.69) is 15.7 Å². The summed E-state index contributed by atoms with van der Waals surface area (Å²) in [6, 6.07) is 4.81. The lowest BCUT2D eigenvalue weighted by atomic mass is 9.92. The van der Waals surface area contributed by atoms with Crippen LogP contribution >= 0.6 is 0 Å². The highest BCUT2D eigenvalue weighted by molar-refractivity contribution is 6.08. The second-order valence-corrected chi connectivity index (χ2v) is 7.72. The van der Waals surface area contributed by atoms with Crippen LogP contribution in [0.4, 0.5) is 4.79 Å². The zero-order valence-corrected chi connectivity index (χ0v) is 16.4. The van der Waals surface area contributed by atoms with Gasteiger partial charge in [-0.15, -0.1) is 0 Å². The van der Waals surface area contributed by atoms with Gasteiger partial charge in [-0.2, -0.15) is 5.10 Å². The zero-order valence-electron chi connectivity index (χ0n) is 16.4. The molecule has 2 saturated heterocycles. The van der Waals surface area contributed by atoms with Crippen LogP contribution in [-0.4, -0.2) is 59.4 Å². The van der Waals surface area contributed by atoms with Crippen LogP contribution in [0.5, 0.6) is 5.75 Å². The van der Waals surface area contributed by atoms with Gasteiger partial charge in [0.15, 0.2) is 5.54 Å². The summed E-state index contributed by atoms with van der Waals surface area (Å²) in [7, 11) is 1.54. The first-order valence-corrected chi connectivity index (χ1v) is 9.72. The van der Waals surface area contributed by atoms with E-state index in [0.717, 1.165) is 12.0 Å². The Morgan fingerprint density at radius 3 is 2.90 bits per heavy atom. The molecule has 2 atom stereocenters. The van der Waals surface area contributed by atoms with Crippen LogP contribution < -0.4 is 15.4 Å². The Bertz CT molecular complexity index is 1040. The van der Waals surface area contributed by atoms with E-state index in [1.165, 1.54) is 0 Å². The highest BCUT2D eigenvalue weighted by atomic mass is 16.5. The van der Waals surface area contributed by atoms with Crippen molar-refractivity contribution in [1.29, 1.82) is 0 Å². The fourth-order valence-electron chi connectivity index (χ4n) is 4.27. The molecule has 0 radical (unpaired) electrons. The molecule has 1 aromatic heterocycles. The van der Waals surface area contributed by atoms with Crippen LogP contribution in [0.15, 0.2) is 30.6 Å². The van der Waals surface area contributed by atoms with E-state index >= 15 is 0 Å². The van der Waals surface area contributed by atoms with Crippen molar-refractivity contribution in [1.82, 2.24) is 25.3 Å². The van der Waals surface area contributed by atoms with Gasteiger partial charge in [0, 0.05) is 30.5 Å². The smallest absolute Gasteiger partial charge is 0.322 e. The van der Waals surface area contributed by atoms with E-state index in [0.29, 0.717) is 36.6 Å². The molecule has 0 unspecified atom stereocenters. The SMILES string of the molecule is COc1ccc2c(c1)C(=O)N(C[C@@]1(c3cnn([C@@H]4CCOC4)c3)NC(=O)NC1=O)C2. The van der Waals surface area contributed by atoms with Crippen molar-refractivity contribution in [3.63, 3.8) is 0 Å². The topological polar surface area (TPSA) is 115 Å². The van der Waals surface area contributed by atoms with Gasteiger partial charge in [0.1, 0.15) is 5.75 Å². The number of urea groups is 1. The number of aromatic nitrogens is 2. The van der Waals surface area contributed by atoms with Crippen molar-refractivity contribution in [2.75, 3.05) is 26.9 Å². The maximum Gasteiger partial charge on any atom is 0.322 e. The van der Waals surface area contributed by atoms with Gasteiger partial charge in [0.05, 0.1) is 32.5 Å². The Balaban J connectivity index is 1.47. The lowest BCUT2D eigenvalue weighted by Gasteiger charge is -2.30. The summed E-state index contributed by atoms with van der Waals surface area (Å²) in [4.78, 5) is 39.5. The van der Waals surface area contributed by atoms with E-state index < -0.39 is 17.5 Å². The molecule has 2 aromatic rings. The molecule has 0 aliphatic carbocycles. The molecule has 5 rings (SSSR count). The van der Waals surface area contributed by atoms with Crippen LogP contribution in [0.1, 0.15) is 33.9 Å². The van der Waals surface area contributed by atoms with Gasteiger partial charge in [0.25, 0.3) is 11.8 Å². The number of imide groups is 1. The molecule has 2 N–H and O–H groups in total. The Kier molecular flexibility index (Phi) is 4.24. The summed E-state index contributed by atoms with van der Waals surface area (Å²) in [5.74, 6) is -0.129. The molecule has 1 aromatic carbocycles. The number of carbonyl (C=O) groups excluding carboxylic acids is 3. The molecule has 0 saturated carbocycles. The summed E-state index contributed by atoms with van der Waals surface area (Å²) in [5.41, 5.74) is 0.503. The number of rotatable bonds is 5. The maximum absolute atomic E-state index is 13.0. The molecular formula is C20H21N5O5. The Morgan fingerprint density at radius 2 is 2.20 bits per heavy atom. The first-order chi connectivity index (χ1) is 14.5. The molecule has 4 amide bonds. The number of nitrogens with zero attached hydrogens (tertiary/aromatic N) is 3. The van der Waals surface area contributed by atoms with Crippen molar-refractivity contribution >= 4 is 17.8 Å². The summed E-state index contributed by atoms with van der Waals surface area (Å²) in [6.07, 6.45) is 4.15. The average Bonchev–Trinajstić information content (AvgIpc) is 3.51. The molecule has 156 valence electrons. The van der Waals surface area contributed by atoms with Crippen LogP contribution in [0, 0.1) is 0 Å². The summed E-state index contributed by atoms with van der Waals surface area (Å²) in [6.45, 7) is 1.54. The van der Waals surface area contributed by atoms with Crippen LogP contribution in [0.3, 0.4) is 0 Å². The summed E-state index contributed by atoms with van der Waals surface area (Å²) >= 11 is 0. The fraction of sp³-hybridized carbons (Fsp3) is 0.400. The predicted molar refractivity (Wildman–Crippen MR) is 103 cm³/mol. The molecule has 10 nitrogen and oxygen atoms in total. The van der Waals surface area contributed by atoms with Gasteiger partial charge in [-0.3, -0.25) is 19.6 Å². The van der Waals surface area contributed by atoms with Gasteiger partial charge in [-0.1, -0.05) is 6.07 Å². The van der Waals surface area contributed by atoms with Gasteiger partial charge in [0.2, 0.25) is 0 Å². The summed E-state index contributed by atoms with van der Waals surface area (Å²) in [5, 5.41) is 9.42. The number of carbonyl (C=O) groups is 3. The minimum Gasteiger partial charge on any atom is -0.497 e. The molecule has 0 bridgehead atoms. The van der Waals surface area contributed by atoms with E-state index in [1.807, 2.05) is 6.07 Å². The third kappa shape index (κ3) is 2.83. The molecule has 10 heteroatoms. The largest absolute Gasteiger partial charge is 0.497 e. The minimum atomic E-state index is -1.41. The van der Waals surface area contributed by atoms with E-state index in [9.17, 15) is 14.4 Å². The second-order valence-electron chi connectivity index (χ2n) is 7.72. The van der Waals surface area contributed by atoms with Crippen LogP contribution in [-0.2, 0) is 21.6 Å². The van der Waals surface area contributed by atoms with E-state index in [1.54, 1.807) is 41.2 Å². The van der Waals surface area contributed by atoms with Crippen LogP contribution in [0.2, 0.25) is 0 Å². The van der Waals surface area contributed by atoms with Crippen molar-refractivity contribution in [2.45, 2.75) is 24.5 Å². The third-order valence-electron chi connectivity index (χ3n) is 5.94. The first-order valence-electron chi connectivity index (χ1n) is 9.72. The standard InChI is InChI=1S/C20H21N5O5/c1-29-15-3-2-12-8-24(17(26)16(12)6-15)11-20(18(27)22-19(28)23-20)13-7-21-25(9-13)14-4-5-30-10-14/h2-3,6-7,9,14H,4-5,8,10-11H2,1H3,(H2,22,23,27,28)/t14-,20+/m1/s1. The quantitative estimate of drug-likeness (QED) is 0.695. The van der Waals surface area contributed by atoms with Crippen LogP contribution in [0.25, 0.3) is 0 Å². The number of nitrogens with one attached hydrogen (secondary N) is 2. The first kappa shape index (κ1) is 18.6. The molecule has 2 fully saturated rings. The van der Waals surface area contributed by atoms with Crippen molar-refractivity contribution in [3.05, 3.63) is 47.3 Å². The number of amides is 4. The normalized spacial score (nSPS) is 25.4. The zero-order chi connectivity index (χ0) is 20.9. The van der Waals surface area contributed by atoms with Crippen molar-refractivity contribution in [2.24, 2.45) is 0 Å². The molecule has 3 aliphatic heterocycles.